The molecule has 1 aromatic heterocycles. The zero-order chi connectivity index (χ0) is 25.6. The predicted octanol–water partition coefficient (Wildman–Crippen LogP) is 5.30. The minimum Gasteiger partial charge on any atom is -0.493 e. The highest BCUT2D eigenvalue weighted by Gasteiger charge is 2.25. The molecule has 8 nitrogen and oxygen atoms in total. The van der Waals surface area contributed by atoms with Crippen molar-refractivity contribution in [3.8, 4) is 11.5 Å². The molecule has 2 aliphatic rings. The lowest BCUT2D eigenvalue weighted by atomic mass is 10.0. The second kappa shape index (κ2) is 11.2. The van der Waals surface area contributed by atoms with Crippen molar-refractivity contribution in [2.75, 3.05) is 19.0 Å². The van der Waals surface area contributed by atoms with Gasteiger partial charge in [-0.15, -0.1) is 0 Å². The topological polar surface area (TPSA) is 93.1 Å². The van der Waals surface area contributed by atoms with Crippen molar-refractivity contribution in [2.45, 2.75) is 44.6 Å². The summed E-state index contributed by atoms with van der Waals surface area (Å²) >= 11 is 0. The van der Waals surface area contributed by atoms with Gasteiger partial charge >= 0.3 is 0 Å². The molecule has 2 aromatic carbocycles. The fourth-order valence-electron chi connectivity index (χ4n) is 4.73. The Morgan fingerprint density at radius 2 is 1.84 bits per heavy atom. The van der Waals surface area contributed by atoms with E-state index in [1.807, 2.05) is 18.2 Å². The first kappa shape index (κ1) is 24.5. The maximum atomic E-state index is 13.5. The van der Waals surface area contributed by atoms with Crippen molar-refractivity contribution in [1.29, 1.82) is 0 Å². The van der Waals surface area contributed by atoms with Gasteiger partial charge in [0.05, 0.1) is 35.7 Å². The minimum atomic E-state index is -0.329. The van der Waals surface area contributed by atoms with Crippen molar-refractivity contribution in [1.82, 2.24) is 9.99 Å². The molecular formula is C29H30N4O4. The van der Waals surface area contributed by atoms with Crippen LogP contribution in [-0.4, -0.2) is 47.3 Å². The molecule has 8 heteroatoms. The van der Waals surface area contributed by atoms with Crippen molar-refractivity contribution in [3.05, 3.63) is 83.7 Å². The fraction of sp³-hybridized carbons (Fsp3) is 0.310. The van der Waals surface area contributed by atoms with Gasteiger partial charge in [-0.05, 0) is 81.0 Å². The molecule has 0 saturated heterocycles. The van der Waals surface area contributed by atoms with Crippen LogP contribution in [0, 0.1) is 0 Å². The normalized spacial score (nSPS) is 15.7. The summed E-state index contributed by atoms with van der Waals surface area (Å²) in [6, 6.07) is 16.2. The molecule has 2 heterocycles. The van der Waals surface area contributed by atoms with Gasteiger partial charge in [0.1, 0.15) is 0 Å². The Kier molecular flexibility index (Phi) is 7.44. The predicted molar refractivity (Wildman–Crippen MR) is 141 cm³/mol. The number of anilines is 1. The maximum absolute atomic E-state index is 13.5. The fourth-order valence-corrected chi connectivity index (χ4v) is 4.73. The summed E-state index contributed by atoms with van der Waals surface area (Å²) in [5.41, 5.74) is 2.95. The minimum absolute atomic E-state index is 0.203. The molecule has 1 saturated carbocycles. The number of nitrogens with zero attached hydrogens (tertiary/aromatic N) is 3. The first-order valence-corrected chi connectivity index (χ1v) is 12.7. The molecule has 37 heavy (non-hydrogen) atoms. The molecule has 1 aliphatic carbocycles. The smallest absolute Gasteiger partial charge is 0.276 e. The van der Waals surface area contributed by atoms with Crippen LogP contribution in [0.25, 0.3) is 0 Å². The average Bonchev–Trinajstić information content (AvgIpc) is 3.46. The van der Waals surface area contributed by atoms with Crippen molar-refractivity contribution in [2.24, 2.45) is 5.10 Å². The van der Waals surface area contributed by atoms with E-state index >= 15 is 0 Å². The van der Waals surface area contributed by atoms with Gasteiger partial charge in [-0.1, -0.05) is 12.1 Å². The summed E-state index contributed by atoms with van der Waals surface area (Å²) in [6.45, 7) is 0.495. The number of pyridine rings is 1. The standard InChI is InChI=1S/C29H30N4O4/c1-36-26-15-14-20(18-27(26)37-22-9-2-3-10-22)24-13-7-17-33(32-24)29(35)23-11-4-5-12-25(23)31-28(34)21-8-6-16-30-19-21/h4-6,8,11-12,14-16,18-19,22H,2-3,7,9-10,13,17H2,1H3,(H,31,34). The molecule has 0 unspecified atom stereocenters. The zero-order valence-electron chi connectivity index (χ0n) is 20.9. The van der Waals surface area contributed by atoms with Gasteiger partial charge in [-0.3, -0.25) is 14.6 Å². The Labute approximate surface area is 216 Å². The molecule has 190 valence electrons. The van der Waals surface area contributed by atoms with Crippen LogP contribution < -0.4 is 14.8 Å². The molecule has 0 radical (unpaired) electrons. The third-order valence-electron chi connectivity index (χ3n) is 6.68. The van der Waals surface area contributed by atoms with Crippen LogP contribution >= 0.6 is 0 Å². The van der Waals surface area contributed by atoms with Gasteiger partial charge in [0.2, 0.25) is 0 Å². The lowest BCUT2D eigenvalue weighted by molar-refractivity contribution is 0.0752. The second-order valence-electron chi connectivity index (χ2n) is 9.21. The maximum Gasteiger partial charge on any atom is 0.276 e. The highest BCUT2D eigenvalue weighted by Crippen LogP contribution is 2.33. The summed E-state index contributed by atoms with van der Waals surface area (Å²) < 4.78 is 11.8. The van der Waals surface area contributed by atoms with Gasteiger partial charge in [0.15, 0.2) is 11.5 Å². The van der Waals surface area contributed by atoms with E-state index in [0.29, 0.717) is 34.9 Å². The molecule has 0 bridgehead atoms. The van der Waals surface area contributed by atoms with E-state index in [0.717, 1.165) is 37.0 Å². The largest absolute Gasteiger partial charge is 0.493 e. The monoisotopic (exact) mass is 498 g/mol. The number of ether oxygens (including phenoxy) is 2. The third kappa shape index (κ3) is 5.63. The van der Waals surface area contributed by atoms with E-state index in [1.165, 1.54) is 24.0 Å². The second-order valence-corrected chi connectivity index (χ2v) is 9.21. The van der Waals surface area contributed by atoms with Crippen LogP contribution in [0.15, 0.2) is 72.1 Å². The number of methoxy groups -OCH3 is 1. The molecule has 1 N–H and O–H groups in total. The van der Waals surface area contributed by atoms with E-state index < -0.39 is 0 Å². The Hall–Kier alpha value is -4.20. The molecule has 2 amide bonds. The number of carbonyl (C=O) groups is 2. The van der Waals surface area contributed by atoms with Crippen LogP contribution in [0.2, 0.25) is 0 Å². The number of benzene rings is 2. The lowest BCUT2D eigenvalue weighted by Crippen LogP contribution is -2.33. The Bertz CT molecular complexity index is 1300. The van der Waals surface area contributed by atoms with Crippen LogP contribution in [0.5, 0.6) is 11.5 Å². The van der Waals surface area contributed by atoms with Crippen molar-refractivity contribution in [3.63, 3.8) is 0 Å². The van der Waals surface area contributed by atoms with E-state index in [9.17, 15) is 9.59 Å². The van der Waals surface area contributed by atoms with Gasteiger partial charge < -0.3 is 14.8 Å². The first-order valence-electron chi connectivity index (χ1n) is 12.7. The summed E-state index contributed by atoms with van der Waals surface area (Å²) in [4.78, 5) is 30.2. The number of rotatable bonds is 7. The highest BCUT2D eigenvalue weighted by atomic mass is 16.5. The van der Waals surface area contributed by atoms with Crippen LogP contribution in [0.3, 0.4) is 0 Å². The number of amides is 2. The number of para-hydroxylation sites is 1. The Morgan fingerprint density at radius 1 is 1.00 bits per heavy atom. The molecule has 5 rings (SSSR count). The van der Waals surface area contributed by atoms with Crippen LogP contribution in [-0.2, 0) is 0 Å². The summed E-state index contributed by atoms with van der Waals surface area (Å²) in [6.07, 6.45) is 9.28. The van der Waals surface area contributed by atoms with Crippen molar-refractivity contribution >= 4 is 23.2 Å². The molecular weight excluding hydrogens is 468 g/mol. The van der Waals surface area contributed by atoms with Gasteiger partial charge in [-0.25, -0.2) is 5.01 Å². The molecule has 1 aliphatic heterocycles. The van der Waals surface area contributed by atoms with E-state index in [2.05, 4.69) is 10.3 Å². The number of nitrogens with one attached hydrogen (secondary N) is 1. The third-order valence-corrected chi connectivity index (χ3v) is 6.68. The molecule has 0 spiro atoms. The van der Waals surface area contributed by atoms with Gasteiger partial charge in [0.25, 0.3) is 11.8 Å². The van der Waals surface area contributed by atoms with E-state index in [-0.39, 0.29) is 17.9 Å². The number of hydrazone groups is 1. The quantitative estimate of drug-likeness (QED) is 0.477. The Morgan fingerprint density at radius 3 is 2.62 bits per heavy atom. The lowest BCUT2D eigenvalue weighted by Gasteiger charge is -2.25. The Balaban J connectivity index is 1.37. The molecule has 0 atom stereocenters. The van der Waals surface area contributed by atoms with Crippen molar-refractivity contribution < 1.29 is 19.1 Å². The van der Waals surface area contributed by atoms with Gasteiger partial charge in [-0.2, -0.15) is 5.10 Å². The number of hydrogen-bond donors (Lipinski definition) is 1. The number of hydrogen-bond acceptors (Lipinski definition) is 6. The average molecular weight is 499 g/mol. The van der Waals surface area contributed by atoms with E-state index in [4.69, 9.17) is 14.6 Å². The number of carbonyl (C=O) groups excluding carboxylic acids is 2. The van der Waals surface area contributed by atoms with Gasteiger partial charge in [0, 0.05) is 24.5 Å². The highest BCUT2D eigenvalue weighted by molar-refractivity contribution is 6.09. The summed E-state index contributed by atoms with van der Waals surface area (Å²) in [7, 11) is 1.64. The zero-order valence-corrected chi connectivity index (χ0v) is 20.9. The summed E-state index contributed by atoms with van der Waals surface area (Å²) in [5, 5.41) is 9.04. The van der Waals surface area contributed by atoms with Crippen LogP contribution in [0.4, 0.5) is 5.69 Å². The molecule has 1 fully saturated rings. The number of aromatic nitrogens is 1. The van der Waals surface area contributed by atoms with E-state index in [1.54, 1.807) is 49.7 Å². The first-order chi connectivity index (χ1) is 18.1. The summed E-state index contributed by atoms with van der Waals surface area (Å²) in [5.74, 6) is 0.805. The molecule has 3 aromatic rings. The SMILES string of the molecule is COc1ccc(C2=NN(C(=O)c3ccccc3NC(=O)c3cccnc3)CCC2)cc1OC1CCCC1. The van der Waals surface area contributed by atoms with Crippen LogP contribution in [0.1, 0.15) is 64.8 Å².